The molecule has 26 heavy (non-hydrogen) atoms. The molecule has 132 valence electrons. The number of rotatable bonds is 4. The number of nitriles is 1. The Morgan fingerprint density at radius 1 is 1.31 bits per heavy atom. The minimum absolute atomic E-state index is 0.0521. The molecular weight excluding hydrogens is 350 g/mol. The molecule has 0 saturated carbocycles. The summed E-state index contributed by atoms with van der Waals surface area (Å²) in [5.41, 5.74) is 3.09. The maximum absolute atomic E-state index is 12.4. The van der Waals surface area contributed by atoms with Crippen molar-refractivity contribution >= 4 is 23.2 Å². The Kier molecular flexibility index (Phi) is 5.45. The van der Waals surface area contributed by atoms with Gasteiger partial charge >= 0.3 is 0 Å². The Labute approximate surface area is 157 Å². The smallest absolute Gasteiger partial charge is 0.267 e. The van der Waals surface area contributed by atoms with Crippen LogP contribution in [0.25, 0.3) is 0 Å². The molecule has 1 aliphatic rings. The average molecular weight is 368 g/mol. The lowest BCUT2D eigenvalue weighted by molar-refractivity contribution is -0.112. The number of methoxy groups -OCH3 is 1. The van der Waals surface area contributed by atoms with Crippen LogP contribution >= 0.6 is 11.6 Å². The molecule has 3 rings (SSSR count). The lowest BCUT2D eigenvalue weighted by Gasteiger charge is -2.27. The van der Waals surface area contributed by atoms with Crippen LogP contribution in [0.3, 0.4) is 0 Å². The Hall–Kier alpha value is -2.97. The van der Waals surface area contributed by atoms with Gasteiger partial charge in [0.25, 0.3) is 5.91 Å². The minimum Gasteiger partial charge on any atom is -0.495 e. The van der Waals surface area contributed by atoms with Crippen LogP contribution in [0.2, 0.25) is 5.02 Å². The largest absolute Gasteiger partial charge is 0.495 e. The Morgan fingerprint density at radius 2 is 2.08 bits per heavy atom. The third-order valence-corrected chi connectivity index (χ3v) is 4.54. The summed E-state index contributed by atoms with van der Waals surface area (Å²) < 4.78 is 5.09. The van der Waals surface area contributed by atoms with Gasteiger partial charge in [0.1, 0.15) is 17.4 Å². The van der Waals surface area contributed by atoms with Crippen molar-refractivity contribution in [2.24, 2.45) is 0 Å². The number of carbonyl (C=O) groups excluding carboxylic acids is 1. The fraction of sp³-hybridized carbons (Fsp3) is 0.200. The Bertz CT molecular complexity index is 902. The van der Waals surface area contributed by atoms with E-state index in [1.165, 1.54) is 18.2 Å². The molecule has 5 nitrogen and oxygen atoms in total. The van der Waals surface area contributed by atoms with Gasteiger partial charge in [0.2, 0.25) is 0 Å². The molecule has 0 fully saturated rings. The zero-order valence-corrected chi connectivity index (χ0v) is 15.1. The van der Waals surface area contributed by atoms with Crippen LogP contribution < -0.4 is 10.1 Å². The molecule has 1 N–H and O–H groups in total. The zero-order valence-electron chi connectivity index (χ0n) is 14.3. The molecule has 2 aromatic carbocycles. The fourth-order valence-electron chi connectivity index (χ4n) is 2.89. The molecule has 0 atom stereocenters. The van der Waals surface area contributed by atoms with E-state index in [1.54, 1.807) is 24.4 Å². The van der Waals surface area contributed by atoms with E-state index in [0.717, 1.165) is 13.0 Å². The molecule has 0 radical (unpaired) electrons. The first-order valence-corrected chi connectivity index (χ1v) is 8.56. The molecule has 0 aromatic heterocycles. The molecule has 1 heterocycles. The van der Waals surface area contributed by atoms with Gasteiger partial charge in [-0.1, -0.05) is 35.9 Å². The first-order chi connectivity index (χ1) is 12.6. The predicted octanol–water partition coefficient (Wildman–Crippen LogP) is 3.75. The van der Waals surface area contributed by atoms with Crippen molar-refractivity contribution in [3.8, 4) is 11.8 Å². The van der Waals surface area contributed by atoms with Crippen LogP contribution in [0.4, 0.5) is 5.69 Å². The van der Waals surface area contributed by atoms with Crippen molar-refractivity contribution in [3.05, 3.63) is 70.4 Å². The molecule has 0 saturated heterocycles. The highest BCUT2D eigenvalue weighted by molar-refractivity contribution is 6.32. The van der Waals surface area contributed by atoms with Crippen LogP contribution in [-0.2, 0) is 17.8 Å². The third-order valence-electron chi connectivity index (χ3n) is 4.25. The topological polar surface area (TPSA) is 65.4 Å². The first kappa shape index (κ1) is 17.8. The van der Waals surface area contributed by atoms with Crippen molar-refractivity contribution in [1.82, 2.24) is 4.90 Å². The predicted molar refractivity (Wildman–Crippen MR) is 101 cm³/mol. The van der Waals surface area contributed by atoms with E-state index in [1.807, 2.05) is 23.1 Å². The number of hydrogen-bond acceptors (Lipinski definition) is 4. The number of halogens is 1. The zero-order chi connectivity index (χ0) is 18.5. The molecule has 0 spiro atoms. The second-order valence-electron chi connectivity index (χ2n) is 5.95. The fourth-order valence-corrected chi connectivity index (χ4v) is 3.15. The van der Waals surface area contributed by atoms with Gasteiger partial charge in [-0.3, -0.25) is 4.79 Å². The van der Waals surface area contributed by atoms with E-state index < -0.39 is 5.91 Å². The van der Waals surface area contributed by atoms with E-state index in [9.17, 15) is 10.1 Å². The number of hydrogen-bond donors (Lipinski definition) is 1. The summed E-state index contributed by atoms with van der Waals surface area (Å²) in [5, 5.41) is 12.5. The highest BCUT2D eigenvalue weighted by atomic mass is 35.5. The highest BCUT2D eigenvalue weighted by Gasteiger charge is 2.17. The normalized spacial score (nSPS) is 13.6. The van der Waals surface area contributed by atoms with Crippen molar-refractivity contribution in [3.63, 3.8) is 0 Å². The molecular formula is C20H18ClN3O2. The second kappa shape index (κ2) is 7.94. The van der Waals surface area contributed by atoms with Gasteiger partial charge in [0, 0.05) is 25.0 Å². The number of carbonyl (C=O) groups is 1. The van der Waals surface area contributed by atoms with Crippen LogP contribution in [0.5, 0.6) is 5.75 Å². The summed E-state index contributed by atoms with van der Waals surface area (Å²) in [6.07, 6.45) is 2.51. The van der Waals surface area contributed by atoms with Crippen LogP contribution in [-0.4, -0.2) is 24.5 Å². The maximum Gasteiger partial charge on any atom is 0.267 e. The van der Waals surface area contributed by atoms with Crippen LogP contribution in [0.1, 0.15) is 11.1 Å². The van der Waals surface area contributed by atoms with Crippen LogP contribution in [0, 0.1) is 11.3 Å². The third kappa shape index (κ3) is 3.98. The van der Waals surface area contributed by atoms with Gasteiger partial charge in [-0.05, 0) is 35.7 Å². The number of anilines is 1. The first-order valence-electron chi connectivity index (χ1n) is 8.18. The number of amides is 1. The van der Waals surface area contributed by atoms with E-state index in [4.69, 9.17) is 16.3 Å². The number of nitrogens with zero attached hydrogens (tertiary/aromatic N) is 2. The highest BCUT2D eigenvalue weighted by Crippen LogP contribution is 2.27. The SMILES string of the molecule is COc1ccc(NC(=O)/C(C#N)=C\N2CCc3ccccc3C2)cc1Cl. The van der Waals surface area contributed by atoms with Crippen molar-refractivity contribution in [2.45, 2.75) is 13.0 Å². The Morgan fingerprint density at radius 3 is 2.77 bits per heavy atom. The standard InChI is InChI=1S/C20H18ClN3O2/c1-26-19-7-6-17(10-18(19)21)23-20(25)16(11-22)13-24-9-8-14-4-2-3-5-15(14)12-24/h2-7,10,13H,8-9,12H2,1H3,(H,23,25)/b16-13-. The van der Waals surface area contributed by atoms with Gasteiger partial charge in [-0.2, -0.15) is 5.26 Å². The van der Waals surface area contributed by atoms with E-state index in [-0.39, 0.29) is 5.57 Å². The summed E-state index contributed by atoms with van der Waals surface area (Å²) in [6, 6.07) is 15.1. The minimum atomic E-state index is -0.465. The summed E-state index contributed by atoms with van der Waals surface area (Å²) in [6.45, 7) is 1.45. The molecule has 0 aliphatic carbocycles. The number of nitrogens with one attached hydrogen (secondary N) is 1. The quantitative estimate of drug-likeness (QED) is 0.660. The monoisotopic (exact) mass is 367 g/mol. The molecule has 2 aromatic rings. The number of benzene rings is 2. The Balaban J connectivity index is 1.72. The summed E-state index contributed by atoms with van der Waals surface area (Å²) in [5.74, 6) is 0.0558. The van der Waals surface area contributed by atoms with Gasteiger partial charge in [-0.25, -0.2) is 0 Å². The molecule has 0 unspecified atom stereocenters. The van der Waals surface area contributed by atoms with Crippen LogP contribution in [0.15, 0.2) is 54.2 Å². The van der Waals surface area contributed by atoms with Crippen molar-refractivity contribution in [2.75, 3.05) is 19.0 Å². The van der Waals surface area contributed by atoms with Crippen molar-refractivity contribution in [1.29, 1.82) is 5.26 Å². The molecule has 1 amide bonds. The lowest BCUT2D eigenvalue weighted by atomic mass is 10.0. The van der Waals surface area contributed by atoms with Crippen molar-refractivity contribution < 1.29 is 9.53 Å². The number of fused-ring (bicyclic) bond motifs is 1. The van der Waals surface area contributed by atoms with E-state index in [2.05, 4.69) is 17.4 Å². The van der Waals surface area contributed by atoms with Gasteiger partial charge in [0.05, 0.1) is 12.1 Å². The van der Waals surface area contributed by atoms with Gasteiger partial charge in [0.15, 0.2) is 0 Å². The second-order valence-corrected chi connectivity index (χ2v) is 6.35. The van der Waals surface area contributed by atoms with E-state index >= 15 is 0 Å². The summed E-state index contributed by atoms with van der Waals surface area (Å²) in [4.78, 5) is 14.4. The molecule has 1 aliphatic heterocycles. The molecule has 6 heteroatoms. The maximum atomic E-state index is 12.4. The summed E-state index contributed by atoms with van der Waals surface area (Å²) in [7, 11) is 1.52. The van der Waals surface area contributed by atoms with Gasteiger partial charge in [-0.15, -0.1) is 0 Å². The number of ether oxygens (including phenoxy) is 1. The summed E-state index contributed by atoms with van der Waals surface area (Å²) >= 11 is 6.07. The lowest BCUT2D eigenvalue weighted by Crippen LogP contribution is -2.27. The molecule has 0 bridgehead atoms. The van der Waals surface area contributed by atoms with Gasteiger partial charge < -0.3 is 15.0 Å². The van der Waals surface area contributed by atoms with E-state index in [0.29, 0.717) is 23.0 Å². The average Bonchev–Trinajstić information content (AvgIpc) is 2.66.